The maximum Gasteiger partial charge on any atom is 0.326 e. The van der Waals surface area contributed by atoms with Crippen LogP contribution < -0.4 is 5.32 Å². The number of rotatable bonds is 9. The topological polar surface area (TPSA) is 110 Å². The van der Waals surface area contributed by atoms with Crippen LogP contribution in [0.5, 0.6) is 0 Å². The molecule has 0 bridgehead atoms. The van der Waals surface area contributed by atoms with Gasteiger partial charge in [-0.2, -0.15) is 11.8 Å². The molecule has 200 valence electrons. The number of hydrogen-bond donors (Lipinski definition) is 2. The van der Waals surface area contributed by atoms with E-state index in [1.165, 1.54) is 17.3 Å². The zero-order valence-corrected chi connectivity index (χ0v) is 22.7. The number of ketones is 1. The Labute approximate surface area is 218 Å². The van der Waals surface area contributed by atoms with Crippen molar-refractivity contribution in [3.63, 3.8) is 0 Å². The Morgan fingerprint density at radius 2 is 1.89 bits per heavy atom. The van der Waals surface area contributed by atoms with Gasteiger partial charge in [-0.1, -0.05) is 19.4 Å². The molecule has 0 spiro atoms. The van der Waals surface area contributed by atoms with Gasteiger partial charge in [0.05, 0.1) is 6.42 Å². The molecule has 3 fully saturated rings. The SMILES string of the molecule is CSCCC(NC(=O)CCC(=O)OC1CCC2C3CCC4=CC(=O)CC[C@]4(C)C3CC[C@]12C)C(=O)O. The van der Waals surface area contributed by atoms with Gasteiger partial charge in [0.25, 0.3) is 0 Å². The highest BCUT2D eigenvalue weighted by Gasteiger charge is 2.59. The number of carbonyl (C=O) groups is 4. The lowest BCUT2D eigenvalue weighted by Gasteiger charge is -2.57. The number of aliphatic carboxylic acids is 1. The van der Waals surface area contributed by atoms with Gasteiger partial charge >= 0.3 is 11.9 Å². The van der Waals surface area contributed by atoms with Gasteiger partial charge in [-0.25, -0.2) is 4.79 Å². The monoisotopic (exact) mass is 519 g/mol. The predicted molar refractivity (Wildman–Crippen MR) is 138 cm³/mol. The molecule has 0 aromatic rings. The van der Waals surface area contributed by atoms with Crippen LogP contribution in [0.2, 0.25) is 0 Å². The normalized spacial score (nSPS) is 36.1. The van der Waals surface area contributed by atoms with Gasteiger partial charge < -0.3 is 15.2 Å². The first kappa shape index (κ1) is 27.2. The lowest BCUT2D eigenvalue weighted by atomic mass is 9.47. The van der Waals surface area contributed by atoms with Gasteiger partial charge in [-0.15, -0.1) is 0 Å². The number of carbonyl (C=O) groups excluding carboxylic acids is 3. The van der Waals surface area contributed by atoms with Crippen molar-refractivity contribution in [3.8, 4) is 0 Å². The molecule has 0 aromatic heterocycles. The van der Waals surface area contributed by atoms with Crippen LogP contribution in [0.4, 0.5) is 0 Å². The van der Waals surface area contributed by atoms with Crippen molar-refractivity contribution in [3.05, 3.63) is 11.6 Å². The Hall–Kier alpha value is -1.83. The second-order valence-electron chi connectivity index (χ2n) is 11.8. The highest BCUT2D eigenvalue weighted by Crippen LogP contribution is 2.65. The van der Waals surface area contributed by atoms with E-state index in [0.717, 1.165) is 44.9 Å². The van der Waals surface area contributed by atoms with E-state index >= 15 is 0 Å². The molecule has 0 heterocycles. The van der Waals surface area contributed by atoms with E-state index < -0.39 is 17.9 Å². The number of amides is 1. The number of fused-ring (bicyclic) bond motifs is 5. The summed E-state index contributed by atoms with van der Waals surface area (Å²) in [6.45, 7) is 4.66. The summed E-state index contributed by atoms with van der Waals surface area (Å²) < 4.78 is 5.98. The van der Waals surface area contributed by atoms with Crippen molar-refractivity contribution in [2.24, 2.45) is 28.6 Å². The number of hydrogen-bond acceptors (Lipinski definition) is 6. The van der Waals surface area contributed by atoms with Gasteiger partial charge in [-0.05, 0) is 92.6 Å². The molecule has 0 aromatic carbocycles. The molecule has 3 saturated carbocycles. The van der Waals surface area contributed by atoms with Crippen LogP contribution in [0.1, 0.15) is 84.5 Å². The third-order valence-electron chi connectivity index (χ3n) is 9.95. The highest BCUT2D eigenvalue weighted by molar-refractivity contribution is 7.98. The molecular weight excluding hydrogens is 478 g/mol. The van der Waals surface area contributed by atoms with Crippen molar-refractivity contribution < 1.29 is 29.0 Å². The zero-order chi connectivity index (χ0) is 26.1. The fourth-order valence-electron chi connectivity index (χ4n) is 7.90. The molecule has 4 rings (SSSR count). The number of carboxylic acid groups (broad SMARTS) is 1. The molecular formula is C28H41NO6S. The van der Waals surface area contributed by atoms with Crippen LogP contribution >= 0.6 is 11.8 Å². The molecule has 0 radical (unpaired) electrons. The maximum atomic E-state index is 12.7. The van der Waals surface area contributed by atoms with E-state index in [9.17, 15) is 24.3 Å². The summed E-state index contributed by atoms with van der Waals surface area (Å²) >= 11 is 1.53. The molecule has 7 nitrogen and oxygen atoms in total. The standard InChI is InChI=1S/C28H41NO6S/c1-27-13-10-18(30)16-17(27)4-5-19-20-6-7-23(28(20,2)14-11-21(19)27)35-25(32)9-8-24(31)29-22(26(33)34)12-15-36-3/h16,19-23H,4-15H2,1-3H3,(H,29,31)(H,33,34)/t19?,20?,21?,22?,23?,27-,28-/m0/s1. The first-order valence-corrected chi connectivity index (χ1v) is 14.9. The zero-order valence-electron chi connectivity index (χ0n) is 21.8. The molecule has 36 heavy (non-hydrogen) atoms. The van der Waals surface area contributed by atoms with Gasteiger partial charge in [0.15, 0.2) is 5.78 Å². The largest absolute Gasteiger partial charge is 0.480 e. The van der Waals surface area contributed by atoms with Crippen molar-refractivity contribution in [2.75, 3.05) is 12.0 Å². The lowest BCUT2D eigenvalue weighted by Crippen LogP contribution is -2.51. The first-order valence-electron chi connectivity index (χ1n) is 13.5. The van der Waals surface area contributed by atoms with E-state index in [2.05, 4.69) is 19.2 Å². The smallest absolute Gasteiger partial charge is 0.326 e. The summed E-state index contributed by atoms with van der Waals surface area (Å²) in [7, 11) is 0. The number of allylic oxidation sites excluding steroid dienone is 1. The molecule has 7 atom stereocenters. The van der Waals surface area contributed by atoms with E-state index in [1.54, 1.807) is 0 Å². The molecule has 0 aliphatic heterocycles. The number of nitrogens with one attached hydrogen (secondary N) is 1. The molecule has 4 aliphatic carbocycles. The number of ether oxygens (including phenoxy) is 1. The van der Waals surface area contributed by atoms with Gasteiger partial charge in [0.2, 0.25) is 5.91 Å². The Kier molecular flexibility index (Phi) is 8.22. The van der Waals surface area contributed by atoms with Crippen LogP contribution in [-0.4, -0.2) is 52.9 Å². The Morgan fingerprint density at radius 1 is 1.11 bits per heavy atom. The number of carboxylic acids is 1. The maximum absolute atomic E-state index is 12.7. The van der Waals surface area contributed by atoms with Crippen LogP contribution in [0.15, 0.2) is 11.6 Å². The van der Waals surface area contributed by atoms with E-state index in [1.807, 2.05) is 12.3 Å². The predicted octanol–water partition coefficient (Wildman–Crippen LogP) is 4.53. The summed E-state index contributed by atoms with van der Waals surface area (Å²) in [4.78, 5) is 48.4. The van der Waals surface area contributed by atoms with Crippen molar-refractivity contribution in [1.82, 2.24) is 5.32 Å². The minimum Gasteiger partial charge on any atom is -0.480 e. The molecule has 5 unspecified atom stereocenters. The summed E-state index contributed by atoms with van der Waals surface area (Å²) in [5.41, 5.74) is 1.44. The second-order valence-corrected chi connectivity index (χ2v) is 12.8. The average molecular weight is 520 g/mol. The lowest BCUT2D eigenvalue weighted by molar-refractivity contribution is -0.160. The Balaban J connectivity index is 1.32. The summed E-state index contributed by atoms with van der Waals surface area (Å²) in [5, 5.41) is 11.8. The average Bonchev–Trinajstić information content (AvgIpc) is 3.16. The van der Waals surface area contributed by atoms with Crippen LogP contribution in [0.25, 0.3) is 0 Å². The van der Waals surface area contributed by atoms with Gasteiger partial charge in [0.1, 0.15) is 12.1 Å². The van der Waals surface area contributed by atoms with Crippen molar-refractivity contribution >= 4 is 35.4 Å². The Bertz CT molecular complexity index is 933. The fourth-order valence-corrected chi connectivity index (χ4v) is 8.37. The second kappa shape index (κ2) is 10.9. The van der Waals surface area contributed by atoms with E-state index in [-0.39, 0.29) is 41.5 Å². The van der Waals surface area contributed by atoms with Crippen LogP contribution in [-0.2, 0) is 23.9 Å². The third kappa shape index (κ3) is 5.25. The molecule has 1 amide bonds. The minimum atomic E-state index is -1.06. The quantitative estimate of drug-likeness (QED) is 0.431. The molecule has 4 aliphatic rings. The van der Waals surface area contributed by atoms with Gasteiger partial charge in [0, 0.05) is 18.3 Å². The van der Waals surface area contributed by atoms with Crippen molar-refractivity contribution in [2.45, 2.75) is 96.6 Å². The molecule has 2 N–H and O–H groups in total. The first-order chi connectivity index (χ1) is 17.1. The fraction of sp³-hybridized carbons (Fsp3) is 0.786. The number of esters is 1. The summed E-state index contributed by atoms with van der Waals surface area (Å²) in [6.07, 6.45) is 11.7. The van der Waals surface area contributed by atoms with E-state index in [0.29, 0.717) is 36.3 Å². The minimum absolute atomic E-state index is 0.0374. The van der Waals surface area contributed by atoms with Gasteiger partial charge in [-0.3, -0.25) is 14.4 Å². The summed E-state index contributed by atoms with van der Waals surface area (Å²) in [6, 6.07) is -0.930. The summed E-state index contributed by atoms with van der Waals surface area (Å²) in [5.74, 6) is 0.765. The number of thioether (sulfide) groups is 1. The van der Waals surface area contributed by atoms with Crippen LogP contribution in [0.3, 0.4) is 0 Å². The van der Waals surface area contributed by atoms with Crippen LogP contribution in [0, 0.1) is 28.6 Å². The molecule has 8 heteroatoms. The Morgan fingerprint density at radius 3 is 2.61 bits per heavy atom. The molecule has 0 saturated heterocycles. The highest BCUT2D eigenvalue weighted by atomic mass is 32.2. The van der Waals surface area contributed by atoms with E-state index in [4.69, 9.17) is 4.74 Å². The third-order valence-corrected chi connectivity index (χ3v) is 10.6. The van der Waals surface area contributed by atoms with Crippen molar-refractivity contribution in [1.29, 1.82) is 0 Å².